The van der Waals surface area contributed by atoms with Crippen molar-refractivity contribution in [3.8, 4) is 0 Å². The molecule has 14 heavy (non-hydrogen) atoms. The number of piperidine rings is 1. The van der Waals surface area contributed by atoms with E-state index in [-0.39, 0.29) is 5.41 Å². The average Bonchev–Trinajstić information content (AvgIpc) is 2.49. The predicted molar refractivity (Wildman–Crippen MR) is 56.0 cm³/mol. The summed E-state index contributed by atoms with van der Waals surface area (Å²) in [6.45, 7) is 6.50. The molecule has 0 aromatic rings. The molecule has 0 aromatic carbocycles. The standard InChI is InChI=1S/C11H20N2O/c1-3-13-8-5-11(6-9-13)4-7-12(2)10(11)14/h3-9H2,1-2H3. The molecule has 2 rings (SSSR count). The second-order valence-corrected chi connectivity index (χ2v) is 4.69. The van der Waals surface area contributed by atoms with Crippen molar-refractivity contribution in [2.75, 3.05) is 33.2 Å². The Morgan fingerprint density at radius 2 is 1.79 bits per heavy atom. The van der Waals surface area contributed by atoms with Gasteiger partial charge in [0.25, 0.3) is 0 Å². The number of amides is 1. The minimum Gasteiger partial charge on any atom is -0.345 e. The van der Waals surface area contributed by atoms with Gasteiger partial charge in [0.1, 0.15) is 0 Å². The van der Waals surface area contributed by atoms with E-state index >= 15 is 0 Å². The molecular formula is C11H20N2O. The number of hydrogen-bond acceptors (Lipinski definition) is 2. The van der Waals surface area contributed by atoms with Crippen LogP contribution in [0.1, 0.15) is 26.2 Å². The minimum absolute atomic E-state index is 0.0282. The molecule has 0 unspecified atom stereocenters. The van der Waals surface area contributed by atoms with Crippen molar-refractivity contribution in [3.63, 3.8) is 0 Å². The van der Waals surface area contributed by atoms with Crippen molar-refractivity contribution >= 4 is 5.91 Å². The Morgan fingerprint density at radius 1 is 1.21 bits per heavy atom. The topological polar surface area (TPSA) is 23.6 Å². The van der Waals surface area contributed by atoms with Crippen LogP contribution in [0.25, 0.3) is 0 Å². The lowest BCUT2D eigenvalue weighted by Gasteiger charge is -2.37. The van der Waals surface area contributed by atoms with E-state index in [2.05, 4.69) is 11.8 Å². The Labute approximate surface area is 86.1 Å². The summed E-state index contributed by atoms with van der Waals surface area (Å²) < 4.78 is 0. The van der Waals surface area contributed by atoms with Gasteiger partial charge in [-0.05, 0) is 38.9 Å². The van der Waals surface area contributed by atoms with Gasteiger partial charge in [-0.1, -0.05) is 6.92 Å². The molecule has 0 aromatic heterocycles. The average molecular weight is 196 g/mol. The monoisotopic (exact) mass is 196 g/mol. The summed E-state index contributed by atoms with van der Waals surface area (Å²) in [4.78, 5) is 16.3. The van der Waals surface area contributed by atoms with Gasteiger partial charge in [-0.15, -0.1) is 0 Å². The third-order valence-corrected chi connectivity index (χ3v) is 3.99. The van der Waals surface area contributed by atoms with Gasteiger partial charge in [0, 0.05) is 13.6 Å². The van der Waals surface area contributed by atoms with Crippen LogP contribution < -0.4 is 0 Å². The number of carbonyl (C=O) groups is 1. The molecule has 1 amide bonds. The molecule has 1 spiro atoms. The van der Waals surface area contributed by atoms with Crippen LogP contribution in [0, 0.1) is 5.41 Å². The van der Waals surface area contributed by atoms with Gasteiger partial charge in [-0.2, -0.15) is 0 Å². The second-order valence-electron chi connectivity index (χ2n) is 4.69. The highest BCUT2D eigenvalue weighted by Crippen LogP contribution is 2.40. The van der Waals surface area contributed by atoms with Crippen LogP contribution in [0.5, 0.6) is 0 Å². The van der Waals surface area contributed by atoms with Crippen LogP contribution >= 0.6 is 0 Å². The molecule has 0 aliphatic carbocycles. The largest absolute Gasteiger partial charge is 0.345 e. The second kappa shape index (κ2) is 3.54. The Balaban J connectivity index is 2.02. The molecule has 0 saturated carbocycles. The highest BCUT2D eigenvalue weighted by atomic mass is 16.2. The number of rotatable bonds is 1. The van der Waals surface area contributed by atoms with Crippen LogP contribution in [0.15, 0.2) is 0 Å². The first-order valence-electron chi connectivity index (χ1n) is 5.66. The predicted octanol–water partition coefficient (Wildman–Crippen LogP) is 0.951. The van der Waals surface area contributed by atoms with Crippen molar-refractivity contribution in [3.05, 3.63) is 0 Å². The number of nitrogens with zero attached hydrogens (tertiary/aromatic N) is 2. The molecular weight excluding hydrogens is 176 g/mol. The van der Waals surface area contributed by atoms with E-state index in [0.29, 0.717) is 5.91 Å². The first-order chi connectivity index (χ1) is 6.68. The van der Waals surface area contributed by atoms with Crippen molar-refractivity contribution < 1.29 is 4.79 Å². The fourth-order valence-corrected chi connectivity index (χ4v) is 2.76. The maximum Gasteiger partial charge on any atom is 0.228 e. The van der Waals surface area contributed by atoms with Crippen molar-refractivity contribution in [2.24, 2.45) is 5.41 Å². The summed E-state index contributed by atoms with van der Waals surface area (Å²) in [7, 11) is 1.93. The van der Waals surface area contributed by atoms with Gasteiger partial charge in [-0.3, -0.25) is 4.79 Å². The number of carbonyl (C=O) groups excluding carboxylic acids is 1. The van der Waals surface area contributed by atoms with Gasteiger partial charge in [0.2, 0.25) is 5.91 Å². The van der Waals surface area contributed by atoms with Gasteiger partial charge >= 0.3 is 0 Å². The molecule has 2 aliphatic rings. The molecule has 2 fully saturated rings. The summed E-state index contributed by atoms with van der Waals surface area (Å²) >= 11 is 0. The summed E-state index contributed by atoms with van der Waals surface area (Å²) in [5, 5.41) is 0. The SMILES string of the molecule is CCN1CCC2(CC1)CCN(C)C2=O. The molecule has 0 radical (unpaired) electrons. The zero-order chi connectivity index (χ0) is 10.2. The van der Waals surface area contributed by atoms with E-state index in [9.17, 15) is 4.79 Å². The third-order valence-electron chi connectivity index (χ3n) is 3.99. The fourth-order valence-electron chi connectivity index (χ4n) is 2.76. The van der Waals surface area contributed by atoms with E-state index in [1.54, 1.807) is 0 Å². The summed E-state index contributed by atoms with van der Waals surface area (Å²) in [5.74, 6) is 0.397. The van der Waals surface area contributed by atoms with Gasteiger partial charge in [-0.25, -0.2) is 0 Å². The van der Waals surface area contributed by atoms with E-state index in [4.69, 9.17) is 0 Å². The number of hydrogen-bond donors (Lipinski definition) is 0. The Hall–Kier alpha value is -0.570. The highest BCUT2D eigenvalue weighted by molar-refractivity contribution is 5.84. The van der Waals surface area contributed by atoms with Crippen LogP contribution in [0.2, 0.25) is 0 Å². The maximum absolute atomic E-state index is 12.0. The highest BCUT2D eigenvalue weighted by Gasteiger charge is 2.46. The normalized spacial score (nSPS) is 27.6. The van der Waals surface area contributed by atoms with Crippen molar-refractivity contribution in [1.82, 2.24) is 9.80 Å². The zero-order valence-corrected chi connectivity index (χ0v) is 9.25. The van der Waals surface area contributed by atoms with E-state index in [1.807, 2.05) is 11.9 Å². The van der Waals surface area contributed by atoms with Crippen LogP contribution in [-0.2, 0) is 4.79 Å². The summed E-state index contributed by atoms with van der Waals surface area (Å²) in [5.41, 5.74) is 0.0282. The first-order valence-corrected chi connectivity index (χ1v) is 5.66. The van der Waals surface area contributed by atoms with Gasteiger partial charge < -0.3 is 9.80 Å². The number of likely N-dealkylation sites (tertiary alicyclic amines) is 2. The quantitative estimate of drug-likeness (QED) is 0.623. The lowest BCUT2D eigenvalue weighted by Crippen LogP contribution is -2.43. The van der Waals surface area contributed by atoms with E-state index in [0.717, 1.165) is 45.4 Å². The smallest absolute Gasteiger partial charge is 0.228 e. The lowest BCUT2D eigenvalue weighted by molar-refractivity contribution is -0.137. The van der Waals surface area contributed by atoms with E-state index in [1.165, 1.54) is 0 Å². The molecule has 80 valence electrons. The first kappa shape index (κ1) is 9.97. The molecule has 2 saturated heterocycles. The molecule has 3 nitrogen and oxygen atoms in total. The summed E-state index contributed by atoms with van der Waals surface area (Å²) in [6, 6.07) is 0. The van der Waals surface area contributed by atoms with Gasteiger partial charge in [0.15, 0.2) is 0 Å². The molecule has 2 heterocycles. The Kier molecular flexibility index (Phi) is 2.52. The Morgan fingerprint density at radius 3 is 2.21 bits per heavy atom. The summed E-state index contributed by atoms with van der Waals surface area (Å²) in [6.07, 6.45) is 3.23. The van der Waals surface area contributed by atoms with Gasteiger partial charge in [0.05, 0.1) is 5.41 Å². The van der Waals surface area contributed by atoms with Crippen LogP contribution in [-0.4, -0.2) is 48.9 Å². The molecule has 0 bridgehead atoms. The lowest BCUT2D eigenvalue weighted by atomic mass is 9.77. The van der Waals surface area contributed by atoms with Crippen molar-refractivity contribution in [2.45, 2.75) is 26.2 Å². The zero-order valence-electron chi connectivity index (χ0n) is 9.25. The van der Waals surface area contributed by atoms with Crippen LogP contribution in [0.4, 0.5) is 0 Å². The fraction of sp³-hybridized carbons (Fsp3) is 0.909. The van der Waals surface area contributed by atoms with E-state index < -0.39 is 0 Å². The molecule has 0 atom stereocenters. The maximum atomic E-state index is 12.0. The molecule has 3 heteroatoms. The van der Waals surface area contributed by atoms with Crippen molar-refractivity contribution in [1.29, 1.82) is 0 Å². The minimum atomic E-state index is 0.0282. The van der Waals surface area contributed by atoms with Crippen LogP contribution in [0.3, 0.4) is 0 Å². The molecule has 0 N–H and O–H groups in total. The molecule has 2 aliphatic heterocycles. The third kappa shape index (κ3) is 1.44. The Bertz CT molecular complexity index is 231.